The van der Waals surface area contributed by atoms with Gasteiger partial charge >= 0.3 is 103 Å². The van der Waals surface area contributed by atoms with Crippen molar-refractivity contribution in [2.45, 2.75) is 12.8 Å². The van der Waals surface area contributed by atoms with E-state index >= 15 is 0 Å². The third-order valence-corrected chi connectivity index (χ3v) is 2.85. The van der Waals surface area contributed by atoms with Crippen molar-refractivity contribution in [1.82, 2.24) is 0 Å². The number of aromatic carboxylic acids is 1. The summed E-state index contributed by atoms with van der Waals surface area (Å²) in [5, 5.41) is 11.0. The van der Waals surface area contributed by atoms with E-state index in [1.165, 1.54) is 0 Å². The Morgan fingerprint density at radius 2 is 1.74 bits per heavy atom. The minimum atomic E-state index is -1.14. The van der Waals surface area contributed by atoms with Crippen LogP contribution in [0.4, 0.5) is 0 Å². The van der Waals surface area contributed by atoms with Gasteiger partial charge in [0.2, 0.25) is 0 Å². The van der Waals surface area contributed by atoms with Crippen LogP contribution in [0.2, 0.25) is 0 Å². The molecule has 0 fully saturated rings. The van der Waals surface area contributed by atoms with Crippen molar-refractivity contribution in [3.8, 4) is 0 Å². The monoisotopic (exact) mass is 302 g/mol. The van der Waals surface area contributed by atoms with Gasteiger partial charge in [0.05, 0.1) is 5.97 Å². The second-order valence-electron chi connectivity index (χ2n) is 3.91. The molecular formula is C15H12K2O2. The number of benzene rings is 2. The van der Waals surface area contributed by atoms with Gasteiger partial charge in [-0.15, -0.1) is 0 Å². The van der Waals surface area contributed by atoms with Crippen molar-refractivity contribution in [1.29, 1.82) is 0 Å². The van der Waals surface area contributed by atoms with Gasteiger partial charge in [0.25, 0.3) is 0 Å². The molecule has 2 aromatic rings. The van der Waals surface area contributed by atoms with Gasteiger partial charge in [0.15, 0.2) is 0 Å². The summed E-state index contributed by atoms with van der Waals surface area (Å²) in [5.74, 6) is -1.14. The molecule has 19 heavy (non-hydrogen) atoms. The Hall–Kier alpha value is 1.18. The molecule has 0 heterocycles. The molecule has 0 aliphatic carbocycles. The van der Waals surface area contributed by atoms with Gasteiger partial charge in [0.1, 0.15) is 0 Å². The molecule has 0 aliphatic rings. The fraction of sp³-hybridized carbons (Fsp3) is 0.133. The number of carbonyl (C=O) groups is 1. The summed E-state index contributed by atoms with van der Waals surface area (Å²) in [5.41, 5.74) is 1.98. The molecule has 0 radical (unpaired) electrons. The first kappa shape index (κ1) is 20.2. The number of rotatable bonds is 3. The fourth-order valence-electron chi connectivity index (χ4n) is 1.90. The van der Waals surface area contributed by atoms with E-state index in [4.69, 9.17) is 0 Å². The van der Waals surface area contributed by atoms with Crippen LogP contribution < -0.4 is 108 Å². The molecule has 0 spiro atoms. The van der Waals surface area contributed by atoms with Gasteiger partial charge in [-0.1, -0.05) is 31.2 Å². The van der Waals surface area contributed by atoms with Crippen molar-refractivity contribution >= 4 is 5.97 Å². The molecule has 0 N–H and O–H groups in total. The molecule has 0 saturated carbocycles. The van der Waals surface area contributed by atoms with Crippen LogP contribution in [0, 0.1) is 6.07 Å². The Bertz CT molecular complexity index is 527. The number of carbonyl (C=O) groups excluding carboxylic acids is 1. The molecule has 86 valence electrons. The summed E-state index contributed by atoms with van der Waals surface area (Å²) >= 11 is 0. The Labute approximate surface area is 198 Å². The van der Waals surface area contributed by atoms with Gasteiger partial charge in [-0.25, -0.2) is 0 Å². The predicted molar refractivity (Wildman–Crippen MR) is 63.6 cm³/mol. The Balaban J connectivity index is 0.00000162. The molecule has 1 atom stereocenters. The van der Waals surface area contributed by atoms with E-state index < -0.39 is 5.97 Å². The zero-order valence-corrected chi connectivity index (χ0v) is 17.8. The summed E-state index contributed by atoms with van der Waals surface area (Å²) in [6, 6.07) is 17.6. The second-order valence-corrected chi connectivity index (χ2v) is 3.91. The predicted octanol–water partition coefficient (Wildman–Crippen LogP) is -3.99. The van der Waals surface area contributed by atoms with Gasteiger partial charge in [-0.05, 0) is 11.5 Å². The number of carboxylic acid groups (broad SMARTS) is 1. The molecule has 0 aliphatic heterocycles. The van der Waals surface area contributed by atoms with E-state index in [1.54, 1.807) is 12.1 Å². The van der Waals surface area contributed by atoms with Crippen LogP contribution in [0.15, 0.2) is 48.5 Å². The first-order chi connectivity index (χ1) is 8.20. The molecule has 0 bridgehead atoms. The Kier molecular flexibility index (Phi) is 10.6. The molecule has 0 aromatic heterocycles. The topological polar surface area (TPSA) is 40.1 Å². The Morgan fingerprint density at radius 3 is 2.32 bits per heavy atom. The van der Waals surface area contributed by atoms with E-state index in [-0.39, 0.29) is 114 Å². The minimum Gasteiger partial charge on any atom is -0.545 e. The quantitative estimate of drug-likeness (QED) is 0.428. The molecule has 1 unspecified atom stereocenters. The zero-order chi connectivity index (χ0) is 12.3. The van der Waals surface area contributed by atoms with E-state index in [0.717, 1.165) is 11.1 Å². The van der Waals surface area contributed by atoms with Crippen molar-refractivity contribution in [2.75, 3.05) is 0 Å². The standard InChI is InChI=1S/C15H13O2.2K/c1-11(12-7-3-2-4-8-12)13-9-5-6-10-14(13)15(16)17;;/h2-7,9-11H,1H3,(H,16,17);;/q-1;2*+1/p-1. The normalized spacial score (nSPS) is 10.8. The first-order valence-corrected chi connectivity index (χ1v) is 5.47. The maximum Gasteiger partial charge on any atom is 1.00 e. The van der Waals surface area contributed by atoms with Crippen LogP contribution >= 0.6 is 0 Å². The van der Waals surface area contributed by atoms with Crippen molar-refractivity contribution in [3.63, 3.8) is 0 Å². The summed E-state index contributed by atoms with van der Waals surface area (Å²) in [4.78, 5) is 11.0. The largest absolute Gasteiger partial charge is 1.00 e. The maximum atomic E-state index is 11.0. The number of hydrogen-bond donors (Lipinski definition) is 0. The van der Waals surface area contributed by atoms with Crippen molar-refractivity contribution < 1.29 is 113 Å². The average molecular weight is 302 g/mol. The molecule has 4 heteroatoms. The van der Waals surface area contributed by atoms with Gasteiger partial charge in [0, 0.05) is 5.56 Å². The van der Waals surface area contributed by atoms with E-state index in [9.17, 15) is 9.90 Å². The number of carboxylic acids is 1. The number of hydrogen-bond acceptors (Lipinski definition) is 2. The first-order valence-electron chi connectivity index (χ1n) is 5.47. The molecule has 0 amide bonds. The summed E-state index contributed by atoms with van der Waals surface area (Å²) in [6.07, 6.45) is 0. The zero-order valence-electron chi connectivity index (χ0n) is 11.5. The SMILES string of the molecule is CC(c1[c-]cccc1)c1ccccc1C(=O)[O-].[K+].[K+]. The van der Waals surface area contributed by atoms with Crippen LogP contribution in [-0.2, 0) is 0 Å². The van der Waals surface area contributed by atoms with Crippen LogP contribution in [0.5, 0.6) is 0 Å². The van der Waals surface area contributed by atoms with Crippen LogP contribution in [-0.4, -0.2) is 5.97 Å². The summed E-state index contributed by atoms with van der Waals surface area (Å²) < 4.78 is 0. The van der Waals surface area contributed by atoms with E-state index in [1.807, 2.05) is 43.3 Å². The summed E-state index contributed by atoms with van der Waals surface area (Å²) in [6.45, 7) is 1.97. The van der Waals surface area contributed by atoms with Crippen LogP contribution in [0.1, 0.15) is 34.3 Å². The smallest absolute Gasteiger partial charge is 0.545 e. The molecule has 2 aromatic carbocycles. The van der Waals surface area contributed by atoms with Gasteiger partial charge < -0.3 is 9.90 Å². The third-order valence-electron chi connectivity index (χ3n) is 2.85. The molecule has 0 saturated heterocycles. The van der Waals surface area contributed by atoms with Crippen LogP contribution in [0.25, 0.3) is 0 Å². The van der Waals surface area contributed by atoms with E-state index in [0.29, 0.717) is 0 Å². The second kappa shape index (κ2) is 10.0. The minimum absolute atomic E-state index is 0. The van der Waals surface area contributed by atoms with Gasteiger partial charge in [-0.2, -0.15) is 35.9 Å². The average Bonchev–Trinajstić information content (AvgIpc) is 2.39. The van der Waals surface area contributed by atoms with Crippen LogP contribution in [0.3, 0.4) is 0 Å². The van der Waals surface area contributed by atoms with Gasteiger partial charge in [-0.3, -0.25) is 0 Å². The molecule has 2 rings (SSSR count). The van der Waals surface area contributed by atoms with Crippen molar-refractivity contribution in [2.24, 2.45) is 0 Å². The molecular weight excluding hydrogens is 290 g/mol. The molecule has 2 nitrogen and oxygen atoms in total. The summed E-state index contributed by atoms with van der Waals surface area (Å²) in [7, 11) is 0. The third kappa shape index (κ3) is 5.47. The van der Waals surface area contributed by atoms with E-state index in [2.05, 4.69) is 6.07 Å². The fourth-order valence-corrected chi connectivity index (χ4v) is 1.90. The Morgan fingerprint density at radius 1 is 1.11 bits per heavy atom. The van der Waals surface area contributed by atoms with Crippen molar-refractivity contribution in [3.05, 3.63) is 71.3 Å². The maximum absolute atomic E-state index is 11.0.